The summed E-state index contributed by atoms with van der Waals surface area (Å²) in [6.45, 7) is 0.463. The van der Waals surface area contributed by atoms with E-state index in [4.69, 9.17) is 5.26 Å². The number of nitriles is 1. The van der Waals surface area contributed by atoms with Gasteiger partial charge in [-0.2, -0.15) is 5.26 Å². The van der Waals surface area contributed by atoms with Crippen molar-refractivity contribution < 1.29 is 4.79 Å². The van der Waals surface area contributed by atoms with Gasteiger partial charge in [-0.25, -0.2) is 0 Å². The lowest BCUT2D eigenvalue weighted by molar-refractivity contribution is -0.124. The number of hydrogen-bond acceptors (Lipinski definition) is 3. The zero-order valence-corrected chi connectivity index (χ0v) is 8.23. The van der Waals surface area contributed by atoms with E-state index in [1.54, 1.807) is 12.4 Å². The summed E-state index contributed by atoms with van der Waals surface area (Å²) >= 11 is 0. The molecule has 1 aromatic rings. The standard InChI is InChI=1S/C11H11N3O/c12-8-11(3-4-11)10(15)14-7-9-1-5-13-6-2-9/h1-2,5-6H,3-4,7H2,(H,14,15). The molecule has 1 N–H and O–H groups in total. The quantitative estimate of drug-likeness (QED) is 0.793. The van der Waals surface area contributed by atoms with E-state index in [1.165, 1.54) is 0 Å². The summed E-state index contributed by atoms with van der Waals surface area (Å²) in [6.07, 6.45) is 4.73. The molecule has 1 saturated carbocycles. The fourth-order valence-electron chi connectivity index (χ4n) is 1.37. The van der Waals surface area contributed by atoms with Crippen molar-refractivity contribution in [3.63, 3.8) is 0 Å². The van der Waals surface area contributed by atoms with Gasteiger partial charge in [-0.3, -0.25) is 9.78 Å². The van der Waals surface area contributed by atoms with Gasteiger partial charge in [-0.05, 0) is 30.5 Å². The first-order valence-electron chi connectivity index (χ1n) is 4.85. The molecule has 1 fully saturated rings. The average molecular weight is 201 g/mol. The van der Waals surface area contributed by atoms with Crippen molar-refractivity contribution in [2.75, 3.05) is 0 Å². The molecule has 1 heterocycles. The Bertz CT molecular complexity index is 404. The second-order valence-corrected chi connectivity index (χ2v) is 3.73. The lowest BCUT2D eigenvalue weighted by Crippen LogP contribution is -2.30. The highest BCUT2D eigenvalue weighted by Gasteiger charge is 2.50. The van der Waals surface area contributed by atoms with Gasteiger partial charge in [0.15, 0.2) is 0 Å². The van der Waals surface area contributed by atoms with Crippen LogP contribution < -0.4 is 5.32 Å². The molecular formula is C11H11N3O. The van der Waals surface area contributed by atoms with Crippen molar-refractivity contribution >= 4 is 5.91 Å². The third kappa shape index (κ3) is 1.96. The van der Waals surface area contributed by atoms with Crippen molar-refractivity contribution in [1.82, 2.24) is 10.3 Å². The molecule has 0 bridgehead atoms. The van der Waals surface area contributed by atoms with Gasteiger partial charge in [0.25, 0.3) is 0 Å². The minimum absolute atomic E-state index is 0.151. The summed E-state index contributed by atoms with van der Waals surface area (Å²) in [5.74, 6) is -0.151. The Morgan fingerprint density at radius 2 is 2.20 bits per heavy atom. The van der Waals surface area contributed by atoms with Crippen LogP contribution in [0.1, 0.15) is 18.4 Å². The molecule has 4 heteroatoms. The molecule has 1 aromatic heterocycles. The fourth-order valence-corrected chi connectivity index (χ4v) is 1.37. The molecule has 0 saturated heterocycles. The molecule has 0 aliphatic heterocycles. The van der Waals surface area contributed by atoms with Gasteiger partial charge in [-0.15, -0.1) is 0 Å². The Hall–Kier alpha value is -1.89. The minimum Gasteiger partial charge on any atom is -0.351 e. The third-order valence-electron chi connectivity index (χ3n) is 2.60. The summed E-state index contributed by atoms with van der Waals surface area (Å²) in [5, 5.41) is 11.6. The first-order chi connectivity index (χ1) is 7.27. The van der Waals surface area contributed by atoms with Crippen LogP contribution >= 0.6 is 0 Å². The molecule has 1 amide bonds. The van der Waals surface area contributed by atoms with Crippen molar-refractivity contribution in [3.05, 3.63) is 30.1 Å². The van der Waals surface area contributed by atoms with Crippen LogP contribution in [0.25, 0.3) is 0 Å². The highest BCUT2D eigenvalue weighted by molar-refractivity contribution is 5.88. The second kappa shape index (κ2) is 3.70. The molecule has 0 radical (unpaired) electrons. The lowest BCUT2D eigenvalue weighted by Gasteiger charge is -2.07. The Balaban J connectivity index is 1.90. The number of amides is 1. The van der Waals surface area contributed by atoms with Crippen molar-refractivity contribution in [2.45, 2.75) is 19.4 Å². The molecule has 15 heavy (non-hydrogen) atoms. The van der Waals surface area contributed by atoms with E-state index in [0.29, 0.717) is 19.4 Å². The van der Waals surface area contributed by atoms with E-state index in [2.05, 4.69) is 16.4 Å². The molecule has 0 spiro atoms. The van der Waals surface area contributed by atoms with E-state index in [1.807, 2.05) is 12.1 Å². The highest BCUT2D eigenvalue weighted by atomic mass is 16.2. The smallest absolute Gasteiger partial charge is 0.240 e. The van der Waals surface area contributed by atoms with E-state index >= 15 is 0 Å². The van der Waals surface area contributed by atoms with E-state index < -0.39 is 5.41 Å². The number of rotatable bonds is 3. The molecule has 1 aliphatic carbocycles. The topological polar surface area (TPSA) is 65.8 Å². The molecule has 2 rings (SSSR count). The van der Waals surface area contributed by atoms with Crippen LogP contribution in [0.4, 0.5) is 0 Å². The van der Waals surface area contributed by atoms with Crippen molar-refractivity contribution in [3.8, 4) is 6.07 Å². The average Bonchev–Trinajstić information content (AvgIpc) is 3.08. The molecular weight excluding hydrogens is 190 g/mol. The summed E-state index contributed by atoms with van der Waals surface area (Å²) < 4.78 is 0. The first-order valence-corrected chi connectivity index (χ1v) is 4.85. The molecule has 76 valence electrons. The van der Waals surface area contributed by atoms with Crippen LogP contribution in [0.2, 0.25) is 0 Å². The first kappa shape index (κ1) is 9.66. The van der Waals surface area contributed by atoms with Gasteiger partial charge in [-0.1, -0.05) is 0 Å². The van der Waals surface area contributed by atoms with E-state index in [0.717, 1.165) is 5.56 Å². The van der Waals surface area contributed by atoms with Gasteiger partial charge < -0.3 is 5.32 Å². The Morgan fingerprint density at radius 1 is 1.53 bits per heavy atom. The SMILES string of the molecule is N#CC1(C(=O)NCc2ccncc2)CC1. The van der Waals surface area contributed by atoms with Gasteiger partial charge in [0.1, 0.15) is 5.41 Å². The number of nitrogens with zero attached hydrogens (tertiary/aromatic N) is 2. The predicted molar refractivity (Wildman–Crippen MR) is 53.4 cm³/mol. The predicted octanol–water partition coefficient (Wildman–Crippen LogP) is 1.00. The minimum atomic E-state index is -0.729. The van der Waals surface area contributed by atoms with Crippen LogP contribution in [-0.4, -0.2) is 10.9 Å². The maximum Gasteiger partial charge on any atom is 0.240 e. The van der Waals surface area contributed by atoms with Gasteiger partial charge >= 0.3 is 0 Å². The van der Waals surface area contributed by atoms with Crippen LogP contribution in [0.15, 0.2) is 24.5 Å². The van der Waals surface area contributed by atoms with Crippen molar-refractivity contribution in [1.29, 1.82) is 5.26 Å². The summed E-state index contributed by atoms with van der Waals surface area (Å²) in [6, 6.07) is 5.74. The summed E-state index contributed by atoms with van der Waals surface area (Å²) in [4.78, 5) is 15.5. The highest BCUT2D eigenvalue weighted by Crippen LogP contribution is 2.44. The van der Waals surface area contributed by atoms with Crippen molar-refractivity contribution in [2.24, 2.45) is 5.41 Å². The van der Waals surface area contributed by atoms with Gasteiger partial charge in [0.05, 0.1) is 6.07 Å². The van der Waals surface area contributed by atoms with E-state index in [9.17, 15) is 4.79 Å². The summed E-state index contributed by atoms with van der Waals surface area (Å²) in [5.41, 5.74) is 0.264. The number of pyridine rings is 1. The summed E-state index contributed by atoms with van der Waals surface area (Å²) in [7, 11) is 0. The Labute approximate surface area is 87.9 Å². The number of hydrogen-bond donors (Lipinski definition) is 1. The third-order valence-corrected chi connectivity index (χ3v) is 2.60. The number of nitrogens with one attached hydrogen (secondary N) is 1. The van der Waals surface area contributed by atoms with Crippen LogP contribution in [0.5, 0.6) is 0 Å². The molecule has 0 unspecified atom stereocenters. The molecule has 4 nitrogen and oxygen atoms in total. The molecule has 1 aliphatic rings. The zero-order valence-electron chi connectivity index (χ0n) is 8.23. The van der Waals surface area contributed by atoms with Gasteiger partial charge in [0, 0.05) is 18.9 Å². The largest absolute Gasteiger partial charge is 0.351 e. The maximum atomic E-state index is 11.6. The second-order valence-electron chi connectivity index (χ2n) is 3.73. The zero-order chi connectivity index (χ0) is 10.7. The monoisotopic (exact) mass is 201 g/mol. The van der Waals surface area contributed by atoms with Gasteiger partial charge in [0.2, 0.25) is 5.91 Å². The lowest BCUT2D eigenvalue weighted by atomic mass is 10.1. The Morgan fingerprint density at radius 3 is 2.73 bits per heavy atom. The van der Waals surface area contributed by atoms with Crippen LogP contribution in [0.3, 0.4) is 0 Å². The number of carbonyl (C=O) groups is 1. The maximum absolute atomic E-state index is 11.6. The fraction of sp³-hybridized carbons (Fsp3) is 0.364. The van der Waals surface area contributed by atoms with Crippen LogP contribution in [-0.2, 0) is 11.3 Å². The molecule has 0 aromatic carbocycles. The normalized spacial score (nSPS) is 16.5. The van der Waals surface area contributed by atoms with Crippen LogP contribution in [0, 0.1) is 16.7 Å². The number of carbonyl (C=O) groups excluding carboxylic acids is 1. The van der Waals surface area contributed by atoms with E-state index in [-0.39, 0.29) is 5.91 Å². The molecule has 0 atom stereocenters. The Kier molecular flexibility index (Phi) is 2.38. The number of aromatic nitrogens is 1.